The normalized spacial score (nSPS) is 14.1. The fraction of sp³-hybridized carbons (Fsp3) is 0.250. The Morgan fingerprint density at radius 3 is 2.47 bits per heavy atom. The van der Waals surface area contributed by atoms with Crippen LogP contribution in [0, 0.1) is 5.82 Å². The van der Waals surface area contributed by atoms with E-state index in [0.29, 0.717) is 23.4 Å². The molecule has 0 amide bonds. The van der Waals surface area contributed by atoms with Gasteiger partial charge in [0, 0.05) is 10.6 Å². The molecule has 0 aromatic heterocycles. The van der Waals surface area contributed by atoms with Gasteiger partial charge in [-0.25, -0.2) is 4.39 Å². The van der Waals surface area contributed by atoms with Gasteiger partial charge < -0.3 is 5.73 Å². The maximum atomic E-state index is 13.7. The highest BCUT2D eigenvalue weighted by Gasteiger charge is 2.21. The molecule has 0 spiro atoms. The molecule has 0 saturated heterocycles. The highest BCUT2D eigenvalue weighted by atomic mass is 35.5. The molecule has 1 unspecified atom stereocenters. The van der Waals surface area contributed by atoms with Crippen molar-refractivity contribution in [2.75, 3.05) is 0 Å². The van der Waals surface area contributed by atoms with Crippen LogP contribution in [0.25, 0.3) is 0 Å². The molecule has 0 fully saturated rings. The quantitative estimate of drug-likeness (QED) is 0.899. The van der Waals surface area contributed by atoms with Gasteiger partial charge in [0.1, 0.15) is 5.82 Å². The zero-order chi connectivity index (χ0) is 13.9. The summed E-state index contributed by atoms with van der Waals surface area (Å²) in [5.74, 6) is -0.255. The summed E-state index contributed by atoms with van der Waals surface area (Å²) in [5.41, 5.74) is 7.49. The molecule has 1 atom stereocenters. The fourth-order valence-corrected chi connectivity index (χ4v) is 2.43. The molecule has 0 aliphatic heterocycles. The Morgan fingerprint density at radius 1 is 1.11 bits per heavy atom. The van der Waals surface area contributed by atoms with Crippen molar-refractivity contribution in [2.24, 2.45) is 5.73 Å². The lowest BCUT2D eigenvalue weighted by atomic mass is 9.87. The minimum Gasteiger partial charge on any atom is -0.325 e. The summed E-state index contributed by atoms with van der Waals surface area (Å²) < 4.78 is 13.7. The maximum absolute atomic E-state index is 13.7. The Hall–Kier alpha value is -1.38. The van der Waals surface area contributed by atoms with Gasteiger partial charge in [0.2, 0.25) is 0 Å². The van der Waals surface area contributed by atoms with Crippen LogP contribution in [0.2, 0.25) is 5.02 Å². The molecule has 2 aromatic rings. The SMILES string of the molecule is CC(N)(Cc1ccccc1)Cc1cc(Cl)ccc1F. The van der Waals surface area contributed by atoms with Crippen LogP contribution in [0.5, 0.6) is 0 Å². The average molecular weight is 278 g/mol. The van der Waals surface area contributed by atoms with Crippen molar-refractivity contribution in [3.05, 3.63) is 70.5 Å². The van der Waals surface area contributed by atoms with Gasteiger partial charge in [-0.05, 0) is 49.1 Å². The molecule has 2 N–H and O–H groups in total. The molecule has 0 heterocycles. The van der Waals surface area contributed by atoms with Crippen LogP contribution < -0.4 is 5.73 Å². The van der Waals surface area contributed by atoms with E-state index in [9.17, 15) is 4.39 Å². The molecule has 19 heavy (non-hydrogen) atoms. The summed E-state index contributed by atoms with van der Waals surface area (Å²) in [4.78, 5) is 0. The summed E-state index contributed by atoms with van der Waals surface area (Å²) >= 11 is 5.90. The zero-order valence-electron chi connectivity index (χ0n) is 10.9. The Bertz CT molecular complexity index is 552. The third kappa shape index (κ3) is 4.05. The molecule has 0 radical (unpaired) electrons. The summed E-state index contributed by atoms with van der Waals surface area (Å²) in [6, 6.07) is 14.6. The van der Waals surface area contributed by atoms with Gasteiger partial charge in [0.25, 0.3) is 0 Å². The largest absolute Gasteiger partial charge is 0.325 e. The Kier molecular flexibility index (Phi) is 4.23. The Labute approximate surface area is 118 Å². The lowest BCUT2D eigenvalue weighted by molar-refractivity contribution is 0.451. The molecule has 0 saturated carbocycles. The van der Waals surface area contributed by atoms with Crippen molar-refractivity contribution < 1.29 is 4.39 Å². The summed E-state index contributed by atoms with van der Waals surface area (Å²) in [5, 5.41) is 0.534. The highest BCUT2D eigenvalue weighted by molar-refractivity contribution is 6.30. The predicted octanol–water partition coefficient (Wildman–Crippen LogP) is 3.98. The van der Waals surface area contributed by atoms with E-state index in [1.807, 2.05) is 37.3 Å². The second-order valence-electron chi connectivity index (χ2n) is 5.23. The standard InChI is InChI=1S/C16H17ClFN/c1-16(19,10-12-5-3-2-4-6-12)11-13-9-14(17)7-8-15(13)18/h2-9H,10-11,19H2,1H3. The zero-order valence-corrected chi connectivity index (χ0v) is 11.6. The first-order valence-corrected chi connectivity index (χ1v) is 6.61. The summed E-state index contributed by atoms with van der Waals surface area (Å²) in [6.45, 7) is 1.93. The van der Waals surface area contributed by atoms with E-state index in [2.05, 4.69) is 0 Å². The predicted molar refractivity (Wildman–Crippen MR) is 77.9 cm³/mol. The molecule has 0 aliphatic carbocycles. The van der Waals surface area contributed by atoms with E-state index in [1.54, 1.807) is 12.1 Å². The number of halogens is 2. The van der Waals surface area contributed by atoms with Crippen LogP contribution in [-0.2, 0) is 12.8 Å². The molecular formula is C16H17ClFN. The maximum Gasteiger partial charge on any atom is 0.126 e. The summed E-state index contributed by atoms with van der Waals surface area (Å²) in [6.07, 6.45) is 1.15. The summed E-state index contributed by atoms with van der Waals surface area (Å²) in [7, 11) is 0. The molecule has 100 valence electrons. The number of nitrogens with two attached hydrogens (primary N) is 1. The Balaban J connectivity index is 2.14. The molecule has 2 rings (SSSR count). The molecular weight excluding hydrogens is 261 g/mol. The third-order valence-corrected chi connectivity index (χ3v) is 3.29. The molecule has 2 aromatic carbocycles. The van der Waals surface area contributed by atoms with Crippen LogP contribution in [0.1, 0.15) is 18.1 Å². The number of benzene rings is 2. The van der Waals surface area contributed by atoms with Crippen molar-refractivity contribution in [2.45, 2.75) is 25.3 Å². The first kappa shape index (κ1) is 14.0. The van der Waals surface area contributed by atoms with E-state index in [4.69, 9.17) is 17.3 Å². The van der Waals surface area contributed by atoms with E-state index in [1.165, 1.54) is 6.07 Å². The molecule has 1 nitrogen and oxygen atoms in total. The smallest absolute Gasteiger partial charge is 0.126 e. The van der Waals surface area contributed by atoms with Gasteiger partial charge >= 0.3 is 0 Å². The van der Waals surface area contributed by atoms with Crippen molar-refractivity contribution in [1.82, 2.24) is 0 Å². The first-order valence-electron chi connectivity index (χ1n) is 6.23. The monoisotopic (exact) mass is 277 g/mol. The Morgan fingerprint density at radius 2 is 1.79 bits per heavy atom. The van der Waals surface area contributed by atoms with Crippen molar-refractivity contribution in [3.63, 3.8) is 0 Å². The van der Waals surface area contributed by atoms with Crippen LogP contribution >= 0.6 is 11.6 Å². The topological polar surface area (TPSA) is 26.0 Å². The third-order valence-electron chi connectivity index (χ3n) is 3.05. The van der Waals surface area contributed by atoms with E-state index in [-0.39, 0.29) is 5.82 Å². The van der Waals surface area contributed by atoms with Crippen LogP contribution in [0.4, 0.5) is 4.39 Å². The lowest BCUT2D eigenvalue weighted by Gasteiger charge is -2.25. The van der Waals surface area contributed by atoms with E-state index >= 15 is 0 Å². The van der Waals surface area contributed by atoms with Gasteiger partial charge in [0.15, 0.2) is 0 Å². The minimum absolute atomic E-state index is 0.255. The highest BCUT2D eigenvalue weighted by Crippen LogP contribution is 2.21. The second-order valence-corrected chi connectivity index (χ2v) is 5.67. The number of rotatable bonds is 4. The first-order chi connectivity index (χ1) is 8.96. The number of hydrogen-bond donors (Lipinski definition) is 1. The average Bonchev–Trinajstić information content (AvgIpc) is 2.34. The van der Waals surface area contributed by atoms with Gasteiger partial charge in [0.05, 0.1) is 0 Å². The van der Waals surface area contributed by atoms with Crippen molar-refractivity contribution in [1.29, 1.82) is 0 Å². The van der Waals surface area contributed by atoms with E-state index < -0.39 is 5.54 Å². The molecule has 0 aliphatic rings. The van der Waals surface area contributed by atoms with Crippen LogP contribution in [0.3, 0.4) is 0 Å². The van der Waals surface area contributed by atoms with Gasteiger partial charge in [-0.3, -0.25) is 0 Å². The lowest BCUT2D eigenvalue weighted by Crippen LogP contribution is -2.41. The van der Waals surface area contributed by atoms with Gasteiger partial charge in [-0.15, -0.1) is 0 Å². The molecule has 3 heteroatoms. The molecule has 0 bridgehead atoms. The van der Waals surface area contributed by atoms with Crippen molar-refractivity contribution >= 4 is 11.6 Å². The van der Waals surface area contributed by atoms with Crippen LogP contribution in [-0.4, -0.2) is 5.54 Å². The fourth-order valence-electron chi connectivity index (χ4n) is 2.24. The van der Waals surface area contributed by atoms with Gasteiger partial charge in [-0.1, -0.05) is 41.9 Å². The number of hydrogen-bond acceptors (Lipinski definition) is 1. The van der Waals surface area contributed by atoms with Crippen molar-refractivity contribution in [3.8, 4) is 0 Å². The van der Waals surface area contributed by atoms with E-state index in [0.717, 1.165) is 5.56 Å². The minimum atomic E-state index is -0.507. The van der Waals surface area contributed by atoms with Gasteiger partial charge in [-0.2, -0.15) is 0 Å². The second kappa shape index (κ2) is 5.72. The van der Waals surface area contributed by atoms with Crippen LogP contribution in [0.15, 0.2) is 48.5 Å².